The Balaban J connectivity index is 1.28. The number of carbonyl (C=O) groups excluding carboxylic acids is 1. The van der Waals surface area contributed by atoms with E-state index in [1.54, 1.807) is 23.4 Å². The maximum absolute atomic E-state index is 12.8. The highest BCUT2D eigenvalue weighted by Crippen LogP contribution is 2.29. The van der Waals surface area contributed by atoms with Crippen molar-refractivity contribution in [3.8, 4) is 17.0 Å². The molecule has 29 heavy (non-hydrogen) atoms. The van der Waals surface area contributed by atoms with Gasteiger partial charge < -0.3 is 9.64 Å². The normalized spacial score (nSPS) is 18.5. The molecule has 4 heterocycles. The summed E-state index contributed by atoms with van der Waals surface area (Å²) in [7, 11) is 0. The second-order valence-electron chi connectivity index (χ2n) is 7.39. The molecule has 0 radical (unpaired) electrons. The van der Waals surface area contributed by atoms with Gasteiger partial charge in [-0.2, -0.15) is 5.10 Å². The van der Waals surface area contributed by atoms with Gasteiger partial charge in [0.05, 0.1) is 11.7 Å². The van der Waals surface area contributed by atoms with Crippen LogP contribution >= 0.6 is 0 Å². The summed E-state index contributed by atoms with van der Waals surface area (Å²) >= 11 is 0. The summed E-state index contributed by atoms with van der Waals surface area (Å²) in [4.78, 5) is 30.9. The third-order valence-electron chi connectivity index (χ3n) is 5.51. The van der Waals surface area contributed by atoms with Crippen LogP contribution in [0.4, 0.5) is 0 Å². The summed E-state index contributed by atoms with van der Waals surface area (Å²) in [5.74, 6) is 0.770. The highest BCUT2D eigenvalue weighted by Gasteiger charge is 2.38. The number of ether oxygens (including phenoxy) is 1. The zero-order valence-corrected chi connectivity index (χ0v) is 15.8. The first-order valence-corrected chi connectivity index (χ1v) is 9.72. The minimum Gasteiger partial charge on any atom is -0.480 e. The molecule has 3 aromatic rings. The number of carbonyl (C=O) groups is 1. The number of rotatable bonds is 3. The van der Waals surface area contributed by atoms with Crippen molar-refractivity contribution < 1.29 is 9.53 Å². The highest BCUT2D eigenvalue weighted by atomic mass is 16.5. The number of hydrogen-bond donors (Lipinski definition) is 0. The van der Waals surface area contributed by atoms with Gasteiger partial charge in [-0.05, 0) is 42.7 Å². The van der Waals surface area contributed by atoms with Gasteiger partial charge in [-0.25, -0.2) is 4.68 Å². The van der Waals surface area contributed by atoms with Crippen molar-refractivity contribution in [3.05, 3.63) is 76.8 Å². The molecule has 1 fully saturated rings. The van der Waals surface area contributed by atoms with Crippen LogP contribution in [0, 0.1) is 0 Å². The van der Waals surface area contributed by atoms with Crippen LogP contribution in [0.3, 0.4) is 0 Å². The molecule has 0 spiro atoms. The lowest BCUT2D eigenvalue weighted by molar-refractivity contribution is -0.145. The van der Waals surface area contributed by atoms with Crippen molar-refractivity contribution in [2.75, 3.05) is 13.1 Å². The fraction of sp³-hybridized carbons (Fsp3) is 0.273. The van der Waals surface area contributed by atoms with E-state index in [1.807, 2.05) is 36.4 Å². The molecular weight excluding hydrogens is 368 g/mol. The second kappa shape index (κ2) is 7.16. The Morgan fingerprint density at radius 2 is 1.83 bits per heavy atom. The van der Waals surface area contributed by atoms with Crippen molar-refractivity contribution in [2.45, 2.75) is 25.0 Å². The Kier molecular flexibility index (Phi) is 4.35. The van der Waals surface area contributed by atoms with E-state index in [1.165, 1.54) is 10.7 Å². The van der Waals surface area contributed by atoms with Gasteiger partial charge in [0.25, 0.3) is 11.5 Å². The molecule has 0 bridgehead atoms. The van der Waals surface area contributed by atoms with Gasteiger partial charge in [-0.3, -0.25) is 14.6 Å². The lowest BCUT2D eigenvalue weighted by Crippen LogP contribution is -2.57. The molecule has 0 aliphatic carbocycles. The summed E-state index contributed by atoms with van der Waals surface area (Å²) in [5.41, 5.74) is 2.59. The summed E-state index contributed by atoms with van der Waals surface area (Å²) < 4.78 is 7.39. The number of benzene rings is 1. The van der Waals surface area contributed by atoms with Gasteiger partial charge >= 0.3 is 0 Å². The third kappa shape index (κ3) is 3.29. The number of fused-ring (bicyclic) bond motifs is 1. The van der Waals surface area contributed by atoms with Crippen LogP contribution in [0.25, 0.3) is 11.3 Å². The Hall–Kier alpha value is -3.48. The molecule has 1 amide bonds. The fourth-order valence-corrected chi connectivity index (χ4v) is 3.86. The zero-order valence-electron chi connectivity index (χ0n) is 15.8. The maximum Gasteiger partial charge on any atom is 0.267 e. The highest BCUT2D eigenvalue weighted by molar-refractivity contribution is 5.82. The molecule has 1 aromatic carbocycles. The standard InChI is InChI=1S/C22H20N4O3/c27-21-8-6-18(15-9-11-23-12-10-15)24-26(21)17-13-25(14-17)22(28)20-7-5-16-3-1-2-4-19(16)29-20/h1-4,6,8-12,17,20H,5,7,13-14H2. The smallest absolute Gasteiger partial charge is 0.267 e. The number of nitrogens with zero attached hydrogens (tertiary/aromatic N) is 4. The van der Waals surface area contributed by atoms with Crippen LogP contribution in [0.15, 0.2) is 65.7 Å². The molecule has 2 aliphatic rings. The van der Waals surface area contributed by atoms with E-state index in [4.69, 9.17) is 4.74 Å². The van der Waals surface area contributed by atoms with E-state index in [-0.39, 0.29) is 17.5 Å². The van der Waals surface area contributed by atoms with E-state index in [0.29, 0.717) is 25.2 Å². The largest absolute Gasteiger partial charge is 0.480 e. The number of para-hydroxylation sites is 1. The van der Waals surface area contributed by atoms with Crippen LogP contribution in [-0.2, 0) is 11.2 Å². The van der Waals surface area contributed by atoms with Crippen LogP contribution < -0.4 is 10.3 Å². The van der Waals surface area contributed by atoms with E-state index >= 15 is 0 Å². The lowest BCUT2D eigenvalue weighted by Gasteiger charge is -2.41. The Labute approximate surface area is 167 Å². The molecule has 1 unspecified atom stereocenters. The number of aromatic nitrogens is 3. The van der Waals surface area contributed by atoms with Gasteiger partial charge in [-0.1, -0.05) is 18.2 Å². The van der Waals surface area contributed by atoms with E-state index in [2.05, 4.69) is 10.1 Å². The minimum absolute atomic E-state index is 0.0194. The lowest BCUT2D eigenvalue weighted by atomic mass is 10.00. The average Bonchev–Trinajstić information content (AvgIpc) is 2.74. The third-order valence-corrected chi connectivity index (χ3v) is 5.51. The molecule has 2 aliphatic heterocycles. The molecule has 7 nitrogen and oxygen atoms in total. The number of hydrogen-bond acceptors (Lipinski definition) is 5. The zero-order chi connectivity index (χ0) is 19.8. The second-order valence-corrected chi connectivity index (χ2v) is 7.39. The van der Waals surface area contributed by atoms with Crippen molar-refractivity contribution in [1.29, 1.82) is 0 Å². The monoisotopic (exact) mass is 388 g/mol. The molecule has 7 heteroatoms. The van der Waals surface area contributed by atoms with Gasteiger partial charge in [0.2, 0.25) is 0 Å². The van der Waals surface area contributed by atoms with E-state index in [9.17, 15) is 9.59 Å². The number of pyridine rings is 1. The van der Waals surface area contributed by atoms with E-state index < -0.39 is 6.10 Å². The topological polar surface area (TPSA) is 77.3 Å². The van der Waals surface area contributed by atoms with Crippen molar-refractivity contribution in [1.82, 2.24) is 19.7 Å². The first-order chi connectivity index (χ1) is 14.2. The Bertz CT molecular complexity index is 1110. The fourth-order valence-electron chi connectivity index (χ4n) is 3.86. The van der Waals surface area contributed by atoms with Crippen LogP contribution in [0.1, 0.15) is 18.0 Å². The molecule has 5 rings (SSSR count). The Morgan fingerprint density at radius 3 is 2.66 bits per heavy atom. The molecular formula is C22H20N4O3. The quantitative estimate of drug-likeness (QED) is 0.687. The van der Waals surface area contributed by atoms with Crippen LogP contribution in [-0.4, -0.2) is 44.8 Å². The molecule has 2 aromatic heterocycles. The van der Waals surface area contributed by atoms with Gasteiger partial charge in [-0.15, -0.1) is 0 Å². The van der Waals surface area contributed by atoms with Crippen LogP contribution in [0.2, 0.25) is 0 Å². The summed E-state index contributed by atoms with van der Waals surface area (Å²) in [6, 6.07) is 14.7. The predicted molar refractivity (Wildman–Crippen MR) is 107 cm³/mol. The van der Waals surface area contributed by atoms with Gasteiger partial charge in [0.15, 0.2) is 6.10 Å². The number of likely N-dealkylation sites (tertiary alicyclic amines) is 1. The first kappa shape index (κ1) is 17.6. The number of amides is 1. The SMILES string of the molecule is O=C(C1CCc2ccccc2O1)N1CC(n2nc(-c3ccncc3)ccc2=O)C1. The van der Waals surface area contributed by atoms with Crippen molar-refractivity contribution >= 4 is 5.91 Å². The molecule has 0 N–H and O–H groups in total. The van der Waals surface area contributed by atoms with Gasteiger partial charge in [0, 0.05) is 37.1 Å². The minimum atomic E-state index is -0.460. The summed E-state index contributed by atoms with van der Waals surface area (Å²) in [6.07, 6.45) is 4.43. The Morgan fingerprint density at radius 1 is 1.03 bits per heavy atom. The van der Waals surface area contributed by atoms with Crippen LogP contribution in [0.5, 0.6) is 5.75 Å². The van der Waals surface area contributed by atoms with Gasteiger partial charge in [0.1, 0.15) is 5.75 Å². The molecule has 1 saturated heterocycles. The molecule has 0 saturated carbocycles. The number of aryl methyl sites for hydroxylation is 1. The summed E-state index contributed by atoms with van der Waals surface area (Å²) in [5, 5.41) is 4.51. The molecule has 146 valence electrons. The molecule has 1 atom stereocenters. The van der Waals surface area contributed by atoms with E-state index in [0.717, 1.165) is 23.3 Å². The average molecular weight is 388 g/mol. The first-order valence-electron chi connectivity index (χ1n) is 9.72. The van der Waals surface area contributed by atoms with Crippen molar-refractivity contribution in [3.63, 3.8) is 0 Å². The predicted octanol–water partition coefficient (Wildman–Crippen LogP) is 2.08. The van der Waals surface area contributed by atoms with Crippen molar-refractivity contribution in [2.24, 2.45) is 0 Å². The maximum atomic E-state index is 12.8. The summed E-state index contributed by atoms with van der Waals surface area (Å²) in [6.45, 7) is 0.931.